The van der Waals surface area contributed by atoms with Gasteiger partial charge in [-0.1, -0.05) is 47.5 Å². The van der Waals surface area contributed by atoms with Gasteiger partial charge in [0.15, 0.2) is 0 Å². The Hall–Kier alpha value is -0.870. The standard InChI is InChI=1S/C14H21BrN2O/c1-3-6-11(9-16)14(18)17-10(2)12-7-4-5-8-13(12)15/h4-5,7-8,10-11H,3,6,9,16H2,1-2H3,(H,17,18)/t10-,11?/m1/s1. The topological polar surface area (TPSA) is 55.1 Å². The smallest absolute Gasteiger partial charge is 0.224 e. The molecule has 1 aromatic rings. The first-order valence-corrected chi connectivity index (χ1v) is 7.14. The molecule has 0 radical (unpaired) electrons. The lowest BCUT2D eigenvalue weighted by Gasteiger charge is -2.20. The monoisotopic (exact) mass is 312 g/mol. The predicted molar refractivity (Wildman–Crippen MR) is 78.2 cm³/mol. The summed E-state index contributed by atoms with van der Waals surface area (Å²) >= 11 is 3.50. The molecule has 0 aliphatic heterocycles. The minimum Gasteiger partial charge on any atom is -0.349 e. The molecule has 1 rings (SSSR count). The molecule has 0 aliphatic carbocycles. The molecule has 3 N–H and O–H groups in total. The summed E-state index contributed by atoms with van der Waals surface area (Å²) in [5.41, 5.74) is 6.72. The molecule has 0 aliphatic rings. The Balaban J connectivity index is 2.67. The molecular weight excluding hydrogens is 292 g/mol. The van der Waals surface area contributed by atoms with Gasteiger partial charge in [0.1, 0.15) is 0 Å². The Morgan fingerprint density at radius 2 is 2.11 bits per heavy atom. The van der Waals surface area contributed by atoms with Crippen LogP contribution in [0.5, 0.6) is 0 Å². The van der Waals surface area contributed by atoms with Crippen molar-refractivity contribution in [2.45, 2.75) is 32.7 Å². The molecule has 0 spiro atoms. The molecular formula is C14H21BrN2O. The largest absolute Gasteiger partial charge is 0.349 e. The number of rotatable bonds is 6. The molecule has 2 atom stereocenters. The molecule has 1 unspecified atom stereocenters. The highest BCUT2D eigenvalue weighted by atomic mass is 79.9. The molecule has 100 valence electrons. The average Bonchev–Trinajstić information content (AvgIpc) is 2.36. The van der Waals surface area contributed by atoms with Crippen molar-refractivity contribution in [3.8, 4) is 0 Å². The Morgan fingerprint density at radius 3 is 2.67 bits per heavy atom. The zero-order chi connectivity index (χ0) is 13.5. The van der Waals surface area contributed by atoms with Gasteiger partial charge in [0, 0.05) is 11.0 Å². The summed E-state index contributed by atoms with van der Waals surface area (Å²) in [5, 5.41) is 3.02. The van der Waals surface area contributed by atoms with Crippen LogP contribution >= 0.6 is 15.9 Å². The van der Waals surface area contributed by atoms with Gasteiger partial charge < -0.3 is 11.1 Å². The fraction of sp³-hybridized carbons (Fsp3) is 0.500. The second kappa shape index (κ2) is 7.54. The van der Waals surface area contributed by atoms with Crippen molar-refractivity contribution in [1.29, 1.82) is 0 Å². The molecule has 3 nitrogen and oxygen atoms in total. The van der Waals surface area contributed by atoms with Crippen molar-refractivity contribution in [3.05, 3.63) is 34.3 Å². The molecule has 0 aromatic heterocycles. The summed E-state index contributed by atoms with van der Waals surface area (Å²) in [5.74, 6) is -0.0393. The predicted octanol–water partition coefficient (Wildman–Crippen LogP) is 3.00. The third-order valence-electron chi connectivity index (χ3n) is 3.02. The lowest BCUT2D eigenvalue weighted by atomic mass is 10.0. The van der Waals surface area contributed by atoms with E-state index in [9.17, 15) is 4.79 Å². The SMILES string of the molecule is CCCC(CN)C(=O)N[C@H](C)c1ccccc1Br. The minimum absolute atomic E-state index is 0.0148. The van der Waals surface area contributed by atoms with E-state index in [1.54, 1.807) is 0 Å². The zero-order valence-corrected chi connectivity index (χ0v) is 12.5. The van der Waals surface area contributed by atoms with Gasteiger partial charge in [0.25, 0.3) is 0 Å². The van der Waals surface area contributed by atoms with E-state index in [4.69, 9.17) is 5.73 Å². The van der Waals surface area contributed by atoms with Crippen LogP contribution in [0.15, 0.2) is 28.7 Å². The maximum atomic E-state index is 12.1. The fourth-order valence-electron chi connectivity index (χ4n) is 1.94. The summed E-state index contributed by atoms with van der Waals surface area (Å²) in [6.07, 6.45) is 1.81. The molecule has 18 heavy (non-hydrogen) atoms. The Kier molecular flexibility index (Phi) is 6.36. The summed E-state index contributed by atoms with van der Waals surface area (Å²) in [4.78, 5) is 12.1. The highest BCUT2D eigenvalue weighted by molar-refractivity contribution is 9.10. The normalized spacial score (nSPS) is 14.0. The highest BCUT2D eigenvalue weighted by Crippen LogP contribution is 2.23. The number of halogens is 1. The molecule has 0 heterocycles. The summed E-state index contributed by atoms with van der Waals surface area (Å²) < 4.78 is 1.01. The van der Waals surface area contributed by atoms with Crippen LogP contribution in [0.4, 0.5) is 0 Å². The molecule has 1 aromatic carbocycles. The summed E-state index contributed by atoms with van der Waals surface area (Å²) in [6, 6.07) is 7.90. The van der Waals surface area contributed by atoms with Crippen LogP contribution in [0, 0.1) is 5.92 Å². The fourth-order valence-corrected chi connectivity index (χ4v) is 2.57. The number of amides is 1. The molecule has 4 heteroatoms. The summed E-state index contributed by atoms with van der Waals surface area (Å²) in [7, 11) is 0. The highest BCUT2D eigenvalue weighted by Gasteiger charge is 2.19. The van der Waals surface area contributed by atoms with Crippen LogP contribution in [0.3, 0.4) is 0 Å². The summed E-state index contributed by atoms with van der Waals surface area (Å²) in [6.45, 7) is 4.45. The number of hydrogen-bond donors (Lipinski definition) is 2. The van der Waals surface area contributed by atoms with E-state index in [1.807, 2.05) is 31.2 Å². The Bertz CT molecular complexity index is 395. The van der Waals surface area contributed by atoms with Crippen LogP contribution < -0.4 is 11.1 Å². The van der Waals surface area contributed by atoms with Crippen LogP contribution in [0.25, 0.3) is 0 Å². The number of nitrogens with two attached hydrogens (primary N) is 1. The van der Waals surface area contributed by atoms with E-state index in [1.165, 1.54) is 0 Å². The van der Waals surface area contributed by atoms with Crippen LogP contribution in [-0.2, 0) is 4.79 Å². The second-order valence-electron chi connectivity index (χ2n) is 4.47. The van der Waals surface area contributed by atoms with E-state index in [-0.39, 0.29) is 17.9 Å². The maximum Gasteiger partial charge on any atom is 0.224 e. The molecule has 0 fully saturated rings. The lowest BCUT2D eigenvalue weighted by molar-refractivity contribution is -0.125. The molecule has 0 saturated carbocycles. The van der Waals surface area contributed by atoms with Gasteiger partial charge in [0.2, 0.25) is 5.91 Å². The number of hydrogen-bond acceptors (Lipinski definition) is 2. The van der Waals surface area contributed by atoms with Crippen LogP contribution in [-0.4, -0.2) is 12.5 Å². The Labute approximate surface area is 117 Å². The van der Waals surface area contributed by atoms with E-state index >= 15 is 0 Å². The quantitative estimate of drug-likeness (QED) is 0.848. The zero-order valence-electron chi connectivity index (χ0n) is 10.9. The van der Waals surface area contributed by atoms with Gasteiger partial charge in [0.05, 0.1) is 12.0 Å². The first-order chi connectivity index (χ1) is 8.60. The first kappa shape index (κ1) is 15.2. The van der Waals surface area contributed by atoms with Gasteiger partial charge in [-0.25, -0.2) is 0 Å². The van der Waals surface area contributed by atoms with Gasteiger partial charge in [-0.3, -0.25) is 4.79 Å². The Morgan fingerprint density at radius 1 is 1.44 bits per heavy atom. The van der Waals surface area contributed by atoms with Crippen LogP contribution in [0.1, 0.15) is 38.3 Å². The number of nitrogens with one attached hydrogen (secondary N) is 1. The average molecular weight is 313 g/mol. The first-order valence-electron chi connectivity index (χ1n) is 6.35. The molecule has 1 amide bonds. The van der Waals surface area contributed by atoms with Gasteiger partial charge in [-0.2, -0.15) is 0 Å². The van der Waals surface area contributed by atoms with Crippen molar-refractivity contribution in [1.82, 2.24) is 5.32 Å². The maximum absolute atomic E-state index is 12.1. The third kappa shape index (κ3) is 4.10. The van der Waals surface area contributed by atoms with Crippen molar-refractivity contribution in [3.63, 3.8) is 0 Å². The van der Waals surface area contributed by atoms with E-state index < -0.39 is 0 Å². The van der Waals surface area contributed by atoms with Crippen molar-refractivity contribution >= 4 is 21.8 Å². The van der Waals surface area contributed by atoms with E-state index in [0.717, 1.165) is 22.9 Å². The van der Waals surface area contributed by atoms with Crippen molar-refractivity contribution in [2.24, 2.45) is 11.7 Å². The number of carbonyl (C=O) groups is 1. The minimum atomic E-state index is -0.0834. The van der Waals surface area contributed by atoms with Gasteiger partial charge in [-0.15, -0.1) is 0 Å². The number of carbonyl (C=O) groups excluding carboxylic acids is 1. The van der Waals surface area contributed by atoms with E-state index in [0.29, 0.717) is 6.54 Å². The van der Waals surface area contributed by atoms with Gasteiger partial charge in [-0.05, 0) is 25.0 Å². The third-order valence-corrected chi connectivity index (χ3v) is 3.75. The molecule has 0 saturated heterocycles. The van der Waals surface area contributed by atoms with Crippen LogP contribution in [0.2, 0.25) is 0 Å². The van der Waals surface area contributed by atoms with Crippen molar-refractivity contribution in [2.75, 3.05) is 6.54 Å². The lowest BCUT2D eigenvalue weighted by Crippen LogP contribution is -2.36. The number of benzene rings is 1. The van der Waals surface area contributed by atoms with Crippen molar-refractivity contribution < 1.29 is 4.79 Å². The van der Waals surface area contributed by atoms with E-state index in [2.05, 4.69) is 28.2 Å². The molecule has 0 bridgehead atoms. The second-order valence-corrected chi connectivity index (χ2v) is 5.33. The van der Waals surface area contributed by atoms with Gasteiger partial charge >= 0.3 is 0 Å².